The van der Waals surface area contributed by atoms with Crippen molar-refractivity contribution in [2.45, 2.75) is 0 Å². The summed E-state index contributed by atoms with van der Waals surface area (Å²) in [6.45, 7) is 0. The summed E-state index contributed by atoms with van der Waals surface area (Å²) < 4.78 is 1.74. The molecule has 4 heteroatoms. The summed E-state index contributed by atoms with van der Waals surface area (Å²) in [5.74, 6) is 0.0345. The molecule has 0 bridgehead atoms. The lowest BCUT2D eigenvalue weighted by Gasteiger charge is -2.07. The van der Waals surface area contributed by atoms with Gasteiger partial charge in [0.15, 0.2) is 5.75 Å². The quantitative estimate of drug-likeness (QED) is 0.793. The third-order valence-electron chi connectivity index (χ3n) is 1.89. The van der Waals surface area contributed by atoms with Crippen molar-refractivity contribution in [2.24, 2.45) is 0 Å². The van der Waals surface area contributed by atoms with Gasteiger partial charge in [-0.25, -0.2) is 0 Å². The van der Waals surface area contributed by atoms with Crippen LogP contribution in [0.3, 0.4) is 0 Å². The SMILES string of the molecule is Oc1c(Cl)cc(Cl)cc1-n1cccc1. The zero-order chi connectivity index (χ0) is 10.1. The van der Waals surface area contributed by atoms with Crippen LogP contribution in [0.2, 0.25) is 10.0 Å². The van der Waals surface area contributed by atoms with E-state index in [4.69, 9.17) is 23.2 Å². The highest BCUT2D eigenvalue weighted by molar-refractivity contribution is 6.36. The first-order chi connectivity index (χ1) is 6.68. The van der Waals surface area contributed by atoms with E-state index >= 15 is 0 Å². The molecule has 0 unspecified atom stereocenters. The highest BCUT2D eigenvalue weighted by atomic mass is 35.5. The van der Waals surface area contributed by atoms with Gasteiger partial charge in [0.05, 0.1) is 10.7 Å². The fourth-order valence-corrected chi connectivity index (χ4v) is 1.73. The fourth-order valence-electron chi connectivity index (χ4n) is 1.24. The lowest BCUT2D eigenvalue weighted by Crippen LogP contribution is -1.90. The van der Waals surface area contributed by atoms with Crippen molar-refractivity contribution in [3.05, 3.63) is 46.7 Å². The Balaban J connectivity index is 2.64. The molecule has 0 aliphatic heterocycles. The molecule has 1 heterocycles. The number of phenolic OH excluding ortho intramolecular Hbond substituents is 1. The van der Waals surface area contributed by atoms with Gasteiger partial charge < -0.3 is 9.67 Å². The van der Waals surface area contributed by atoms with Crippen molar-refractivity contribution < 1.29 is 5.11 Å². The van der Waals surface area contributed by atoms with Gasteiger partial charge in [0.25, 0.3) is 0 Å². The van der Waals surface area contributed by atoms with Gasteiger partial charge in [-0.2, -0.15) is 0 Å². The van der Waals surface area contributed by atoms with Crippen LogP contribution in [0.15, 0.2) is 36.7 Å². The number of hydrogen-bond acceptors (Lipinski definition) is 1. The maximum atomic E-state index is 9.68. The third kappa shape index (κ3) is 1.59. The number of halogens is 2. The van der Waals surface area contributed by atoms with Crippen molar-refractivity contribution >= 4 is 23.2 Å². The Kier molecular flexibility index (Phi) is 2.40. The van der Waals surface area contributed by atoms with E-state index in [0.29, 0.717) is 10.7 Å². The summed E-state index contributed by atoms with van der Waals surface area (Å²) in [5.41, 5.74) is 0.576. The summed E-state index contributed by atoms with van der Waals surface area (Å²) in [6, 6.07) is 6.87. The molecule has 0 saturated carbocycles. The molecular weight excluding hydrogens is 221 g/mol. The summed E-state index contributed by atoms with van der Waals surface area (Å²) in [7, 11) is 0. The number of phenols is 1. The average Bonchev–Trinajstić information content (AvgIpc) is 2.63. The maximum Gasteiger partial charge on any atom is 0.158 e. The fraction of sp³-hybridized carbons (Fsp3) is 0. The van der Waals surface area contributed by atoms with Crippen LogP contribution in [0.5, 0.6) is 5.75 Å². The first-order valence-corrected chi connectivity index (χ1v) is 4.75. The number of aromatic nitrogens is 1. The number of rotatable bonds is 1. The molecule has 0 saturated heterocycles. The number of benzene rings is 1. The van der Waals surface area contributed by atoms with Gasteiger partial charge >= 0.3 is 0 Å². The topological polar surface area (TPSA) is 25.2 Å². The van der Waals surface area contributed by atoms with Crippen LogP contribution in [0.25, 0.3) is 5.69 Å². The monoisotopic (exact) mass is 227 g/mol. The van der Waals surface area contributed by atoms with Gasteiger partial charge in [-0.1, -0.05) is 23.2 Å². The van der Waals surface area contributed by atoms with Gasteiger partial charge in [0, 0.05) is 17.4 Å². The van der Waals surface area contributed by atoms with Crippen LogP contribution in [0.1, 0.15) is 0 Å². The van der Waals surface area contributed by atoms with Gasteiger partial charge in [-0.15, -0.1) is 0 Å². The highest BCUT2D eigenvalue weighted by Gasteiger charge is 2.08. The molecule has 0 radical (unpaired) electrons. The Hall–Kier alpha value is -1.12. The largest absolute Gasteiger partial charge is 0.504 e. The van der Waals surface area contributed by atoms with E-state index in [1.807, 2.05) is 24.5 Å². The Bertz CT molecular complexity index is 451. The van der Waals surface area contributed by atoms with Gasteiger partial charge in [-0.05, 0) is 24.3 Å². The molecule has 0 aliphatic rings. The summed E-state index contributed by atoms with van der Waals surface area (Å²) in [5, 5.41) is 10.4. The zero-order valence-electron chi connectivity index (χ0n) is 7.11. The summed E-state index contributed by atoms with van der Waals surface area (Å²) >= 11 is 11.6. The van der Waals surface area contributed by atoms with E-state index in [-0.39, 0.29) is 10.8 Å². The Morgan fingerprint density at radius 1 is 1.07 bits per heavy atom. The van der Waals surface area contributed by atoms with Crippen LogP contribution in [-0.2, 0) is 0 Å². The minimum absolute atomic E-state index is 0.0345. The highest BCUT2D eigenvalue weighted by Crippen LogP contribution is 2.33. The van der Waals surface area contributed by atoms with Crippen molar-refractivity contribution in [2.75, 3.05) is 0 Å². The molecular formula is C10H7Cl2NO. The average molecular weight is 228 g/mol. The molecule has 2 aromatic rings. The second kappa shape index (κ2) is 3.56. The second-order valence-corrected chi connectivity index (χ2v) is 3.69. The first kappa shape index (κ1) is 9.44. The molecule has 1 aromatic heterocycles. The maximum absolute atomic E-state index is 9.68. The van der Waals surface area contributed by atoms with E-state index in [1.165, 1.54) is 6.07 Å². The molecule has 1 N–H and O–H groups in total. The van der Waals surface area contributed by atoms with Gasteiger partial charge in [0.1, 0.15) is 0 Å². The van der Waals surface area contributed by atoms with Crippen molar-refractivity contribution in [1.29, 1.82) is 0 Å². The van der Waals surface area contributed by atoms with E-state index < -0.39 is 0 Å². The lowest BCUT2D eigenvalue weighted by molar-refractivity contribution is 0.472. The standard InChI is InChI=1S/C10H7Cl2NO/c11-7-5-8(12)10(14)9(6-7)13-3-1-2-4-13/h1-6,14H. The van der Waals surface area contributed by atoms with E-state index in [0.717, 1.165) is 0 Å². The molecule has 1 aromatic carbocycles. The normalized spacial score (nSPS) is 10.4. The molecule has 72 valence electrons. The Morgan fingerprint density at radius 2 is 1.71 bits per heavy atom. The van der Waals surface area contributed by atoms with E-state index in [2.05, 4.69) is 0 Å². The van der Waals surface area contributed by atoms with Crippen LogP contribution in [0, 0.1) is 0 Å². The van der Waals surface area contributed by atoms with Crippen LogP contribution in [-0.4, -0.2) is 9.67 Å². The molecule has 14 heavy (non-hydrogen) atoms. The summed E-state index contributed by atoms with van der Waals surface area (Å²) in [4.78, 5) is 0. The second-order valence-electron chi connectivity index (χ2n) is 2.85. The predicted octanol–water partition coefficient (Wildman–Crippen LogP) is 3.49. The summed E-state index contributed by atoms with van der Waals surface area (Å²) in [6.07, 6.45) is 3.61. The van der Waals surface area contributed by atoms with Crippen molar-refractivity contribution in [3.63, 3.8) is 0 Å². The Labute approximate surface area is 91.3 Å². The Morgan fingerprint density at radius 3 is 2.36 bits per heavy atom. The molecule has 0 aliphatic carbocycles. The van der Waals surface area contributed by atoms with Crippen LogP contribution >= 0.6 is 23.2 Å². The van der Waals surface area contributed by atoms with Crippen molar-refractivity contribution in [3.8, 4) is 11.4 Å². The molecule has 0 atom stereocenters. The number of nitrogens with zero attached hydrogens (tertiary/aromatic N) is 1. The first-order valence-electron chi connectivity index (χ1n) is 4.00. The molecule has 2 rings (SSSR count). The predicted molar refractivity (Wildman–Crippen MR) is 57.5 cm³/mol. The third-order valence-corrected chi connectivity index (χ3v) is 2.40. The van der Waals surface area contributed by atoms with Crippen LogP contribution in [0.4, 0.5) is 0 Å². The van der Waals surface area contributed by atoms with Crippen molar-refractivity contribution in [1.82, 2.24) is 4.57 Å². The molecule has 0 amide bonds. The van der Waals surface area contributed by atoms with Gasteiger partial charge in [0.2, 0.25) is 0 Å². The van der Waals surface area contributed by atoms with E-state index in [9.17, 15) is 5.11 Å². The molecule has 0 spiro atoms. The minimum Gasteiger partial charge on any atom is -0.504 e. The van der Waals surface area contributed by atoms with Gasteiger partial charge in [-0.3, -0.25) is 0 Å². The molecule has 0 fully saturated rings. The zero-order valence-corrected chi connectivity index (χ0v) is 8.63. The number of aromatic hydroxyl groups is 1. The lowest BCUT2D eigenvalue weighted by atomic mass is 10.3. The van der Waals surface area contributed by atoms with Crippen LogP contribution < -0.4 is 0 Å². The molecule has 2 nitrogen and oxygen atoms in total. The smallest absolute Gasteiger partial charge is 0.158 e. The van der Waals surface area contributed by atoms with E-state index in [1.54, 1.807) is 10.6 Å². The minimum atomic E-state index is 0.0345. The number of hydrogen-bond donors (Lipinski definition) is 1.